The van der Waals surface area contributed by atoms with Crippen LogP contribution in [0.15, 0.2) is 78.9 Å². The lowest BCUT2D eigenvalue weighted by Crippen LogP contribution is -2.28. The van der Waals surface area contributed by atoms with Crippen LogP contribution in [0.5, 0.6) is 0 Å². The van der Waals surface area contributed by atoms with Crippen LogP contribution in [0.4, 0.5) is 4.39 Å². The number of carbonyl (C=O) groups is 4. The second-order valence-corrected chi connectivity index (χ2v) is 10.8. The fourth-order valence-electron chi connectivity index (χ4n) is 5.43. The predicted octanol–water partition coefficient (Wildman–Crippen LogP) is 6.13. The smallest absolute Gasteiger partial charge is 0.333 e. The predicted molar refractivity (Wildman–Crippen MR) is 162 cm³/mol. The Morgan fingerprint density at radius 3 is 1.66 bits per heavy atom. The second kappa shape index (κ2) is 14.1. The van der Waals surface area contributed by atoms with Crippen molar-refractivity contribution in [3.8, 4) is 11.1 Å². The number of ether oxygens (including phenoxy) is 4. The average molecular weight is 603 g/mol. The van der Waals surface area contributed by atoms with E-state index in [4.69, 9.17) is 18.9 Å². The van der Waals surface area contributed by atoms with E-state index < -0.39 is 35.1 Å². The van der Waals surface area contributed by atoms with Crippen LogP contribution in [0.2, 0.25) is 0 Å². The summed E-state index contributed by atoms with van der Waals surface area (Å²) in [6.45, 7) is 9.63. The second-order valence-electron chi connectivity index (χ2n) is 10.8. The molecule has 230 valence electrons. The highest BCUT2D eigenvalue weighted by Gasteiger charge is 2.44. The van der Waals surface area contributed by atoms with Gasteiger partial charge in [-0.15, -0.1) is 0 Å². The molecule has 0 amide bonds. The van der Waals surface area contributed by atoms with Gasteiger partial charge in [-0.2, -0.15) is 0 Å². The van der Waals surface area contributed by atoms with Crippen molar-refractivity contribution in [2.45, 2.75) is 44.9 Å². The largest absolute Gasteiger partial charge is 0.462 e. The van der Waals surface area contributed by atoms with Crippen molar-refractivity contribution in [3.05, 3.63) is 95.8 Å². The van der Waals surface area contributed by atoms with Gasteiger partial charge in [0.25, 0.3) is 0 Å². The molecule has 0 aliphatic heterocycles. The monoisotopic (exact) mass is 602 g/mol. The Bertz CT molecular complexity index is 1570. The third-order valence-corrected chi connectivity index (χ3v) is 7.56. The summed E-state index contributed by atoms with van der Waals surface area (Å²) in [5.74, 6) is -2.55. The molecular formula is C35H35FO8. The summed E-state index contributed by atoms with van der Waals surface area (Å²) < 4.78 is 35.2. The zero-order valence-electron chi connectivity index (χ0n) is 24.9. The molecule has 0 atom stereocenters. The Morgan fingerprint density at radius 2 is 1.14 bits per heavy atom. The van der Waals surface area contributed by atoms with Crippen LogP contribution in [0.3, 0.4) is 0 Å². The van der Waals surface area contributed by atoms with Crippen molar-refractivity contribution in [1.29, 1.82) is 0 Å². The molecule has 0 spiro atoms. The number of esters is 4. The molecule has 8 nitrogen and oxygen atoms in total. The Labute approximate surface area is 255 Å². The summed E-state index contributed by atoms with van der Waals surface area (Å²) in [5.41, 5.74) is 2.86. The fourth-order valence-corrected chi connectivity index (χ4v) is 5.43. The van der Waals surface area contributed by atoms with Gasteiger partial charge < -0.3 is 18.9 Å². The Morgan fingerprint density at radius 1 is 0.659 bits per heavy atom. The van der Waals surface area contributed by atoms with E-state index in [-0.39, 0.29) is 63.3 Å². The first-order valence-corrected chi connectivity index (χ1v) is 14.3. The molecule has 0 fully saturated rings. The fraction of sp³-hybridized carbons (Fsp3) is 0.314. The number of halogens is 1. The van der Waals surface area contributed by atoms with Gasteiger partial charge in [-0.3, -0.25) is 9.59 Å². The standard InChI is InChI=1S/C35H35FO8/c1-22(2)33(39)43-17-15-41-31(37)11-13-35(14-12-32(38)42-16-18-44-34(40)23(3)4)29-10-9-26(36)21-28(29)27-19-24-7-5-6-8-25(24)20-30(27)35/h5-10,19-21H,1,3,11-18H2,2,4H3. The summed E-state index contributed by atoms with van der Waals surface area (Å²) >= 11 is 0. The molecule has 4 rings (SSSR count). The SMILES string of the molecule is C=C(C)C(=O)OCCOC(=O)CCC1(CCC(=O)OCCOC(=O)C(=C)C)c2ccc(F)cc2-c2cc3ccccc3cc21. The van der Waals surface area contributed by atoms with Crippen LogP contribution in [0.25, 0.3) is 21.9 Å². The molecule has 0 heterocycles. The lowest BCUT2D eigenvalue weighted by molar-refractivity contribution is -0.150. The number of hydrogen-bond donors (Lipinski definition) is 0. The zero-order chi connectivity index (χ0) is 31.9. The van der Waals surface area contributed by atoms with Crippen molar-refractivity contribution < 1.29 is 42.5 Å². The molecule has 0 saturated heterocycles. The molecule has 0 radical (unpaired) electrons. The van der Waals surface area contributed by atoms with E-state index in [1.807, 2.05) is 36.4 Å². The summed E-state index contributed by atoms with van der Waals surface area (Å²) in [6, 6.07) is 16.4. The number of benzene rings is 3. The maximum atomic E-state index is 14.6. The molecule has 0 saturated carbocycles. The first-order valence-electron chi connectivity index (χ1n) is 14.3. The first kappa shape index (κ1) is 32.1. The van der Waals surface area contributed by atoms with E-state index in [1.165, 1.54) is 26.0 Å². The summed E-state index contributed by atoms with van der Waals surface area (Å²) in [7, 11) is 0. The first-order chi connectivity index (χ1) is 21.0. The van der Waals surface area contributed by atoms with Crippen LogP contribution < -0.4 is 0 Å². The highest BCUT2D eigenvalue weighted by molar-refractivity contribution is 5.94. The van der Waals surface area contributed by atoms with Gasteiger partial charge in [-0.05, 0) is 84.0 Å². The van der Waals surface area contributed by atoms with Gasteiger partial charge in [0.2, 0.25) is 0 Å². The van der Waals surface area contributed by atoms with Gasteiger partial charge in [0, 0.05) is 29.4 Å². The number of fused-ring (bicyclic) bond motifs is 4. The summed E-state index contributed by atoms with van der Waals surface area (Å²) in [5, 5.41) is 1.94. The highest BCUT2D eigenvalue weighted by Crippen LogP contribution is 2.55. The minimum Gasteiger partial charge on any atom is -0.462 e. The molecule has 0 unspecified atom stereocenters. The van der Waals surface area contributed by atoms with Crippen LogP contribution in [-0.4, -0.2) is 50.3 Å². The maximum Gasteiger partial charge on any atom is 0.333 e. The number of rotatable bonds is 14. The third-order valence-electron chi connectivity index (χ3n) is 7.56. The van der Waals surface area contributed by atoms with Crippen molar-refractivity contribution in [3.63, 3.8) is 0 Å². The van der Waals surface area contributed by atoms with Gasteiger partial charge >= 0.3 is 23.9 Å². The van der Waals surface area contributed by atoms with Gasteiger partial charge in [0.15, 0.2) is 0 Å². The highest BCUT2D eigenvalue weighted by atomic mass is 19.1. The van der Waals surface area contributed by atoms with Crippen molar-refractivity contribution in [2.24, 2.45) is 0 Å². The molecule has 0 aromatic heterocycles. The van der Waals surface area contributed by atoms with Gasteiger partial charge in [-0.1, -0.05) is 43.5 Å². The molecular weight excluding hydrogens is 567 g/mol. The average Bonchev–Trinajstić information content (AvgIpc) is 3.25. The topological polar surface area (TPSA) is 105 Å². The maximum absolute atomic E-state index is 14.6. The van der Waals surface area contributed by atoms with Crippen LogP contribution in [0, 0.1) is 5.82 Å². The molecule has 3 aromatic rings. The van der Waals surface area contributed by atoms with Crippen LogP contribution in [0.1, 0.15) is 50.7 Å². The van der Waals surface area contributed by atoms with Crippen molar-refractivity contribution in [1.82, 2.24) is 0 Å². The van der Waals surface area contributed by atoms with E-state index in [1.54, 1.807) is 6.07 Å². The quantitative estimate of drug-likeness (QED) is 0.0939. The van der Waals surface area contributed by atoms with Gasteiger partial charge in [0.05, 0.1) is 0 Å². The molecule has 0 N–H and O–H groups in total. The van der Waals surface area contributed by atoms with Gasteiger partial charge in [-0.25, -0.2) is 14.0 Å². The summed E-state index contributed by atoms with van der Waals surface area (Å²) in [4.78, 5) is 48.9. The van der Waals surface area contributed by atoms with E-state index in [2.05, 4.69) is 13.2 Å². The Balaban J connectivity index is 1.57. The molecule has 1 aliphatic carbocycles. The van der Waals surface area contributed by atoms with E-state index >= 15 is 0 Å². The normalized spacial score (nSPS) is 12.5. The zero-order valence-corrected chi connectivity index (χ0v) is 24.9. The molecule has 3 aromatic carbocycles. The lowest BCUT2D eigenvalue weighted by Gasteiger charge is -2.32. The van der Waals surface area contributed by atoms with Crippen molar-refractivity contribution >= 4 is 34.6 Å². The molecule has 1 aliphatic rings. The van der Waals surface area contributed by atoms with Crippen LogP contribution >= 0.6 is 0 Å². The van der Waals surface area contributed by atoms with Gasteiger partial charge in [0.1, 0.15) is 32.2 Å². The summed E-state index contributed by atoms with van der Waals surface area (Å²) in [6.07, 6.45) is 0.516. The minimum atomic E-state index is -0.834. The van der Waals surface area contributed by atoms with E-state index in [9.17, 15) is 23.6 Å². The van der Waals surface area contributed by atoms with Crippen molar-refractivity contribution in [2.75, 3.05) is 26.4 Å². The Hall–Kier alpha value is -4.79. The van der Waals surface area contributed by atoms with Crippen LogP contribution in [-0.2, 0) is 43.5 Å². The molecule has 44 heavy (non-hydrogen) atoms. The lowest BCUT2D eigenvalue weighted by atomic mass is 9.71. The third kappa shape index (κ3) is 7.40. The number of hydrogen-bond acceptors (Lipinski definition) is 8. The minimum absolute atomic E-state index is 0.0105. The molecule has 9 heteroatoms. The molecule has 0 bridgehead atoms. The number of carbonyl (C=O) groups excluding carboxylic acids is 4. The van der Waals surface area contributed by atoms with E-state index in [0.717, 1.165) is 27.5 Å². The van der Waals surface area contributed by atoms with E-state index in [0.29, 0.717) is 5.56 Å². The Kier molecular flexibility index (Phi) is 10.3.